The fourth-order valence-corrected chi connectivity index (χ4v) is 2.88. The first-order valence-electron chi connectivity index (χ1n) is 7.45. The summed E-state index contributed by atoms with van der Waals surface area (Å²) in [6.07, 6.45) is 7.35. The minimum absolute atomic E-state index is 0.356. The predicted octanol–water partition coefficient (Wildman–Crippen LogP) is 0.990. The lowest BCUT2D eigenvalue weighted by Gasteiger charge is -2.30. The highest BCUT2D eigenvalue weighted by atomic mass is 16.5. The van der Waals surface area contributed by atoms with Crippen molar-refractivity contribution in [3.63, 3.8) is 0 Å². The van der Waals surface area contributed by atoms with Crippen LogP contribution >= 0.6 is 0 Å². The average Bonchev–Trinajstić information content (AvgIpc) is 2.89. The molecular weight excluding hydrogens is 228 g/mol. The normalized spacial score (nSPS) is 25.7. The van der Waals surface area contributed by atoms with Gasteiger partial charge in [-0.05, 0) is 45.8 Å². The molecule has 18 heavy (non-hydrogen) atoms. The molecule has 0 aromatic carbocycles. The van der Waals surface area contributed by atoms with E-state index in [9.17, 15) is 5.11 Å². The molecule has 0 bridgehead atoms. The number of rotatable bonds is 6. The molecule has 4 heteroatoms. The molecule has 1 aliphatic carbocycles. The first kappa shape index (κ1) is 14.3. The summed E-state index contributed by atoms with van der Waals surface area (Å²) >= 11 is 0. The van der Waals surface area contributed by atoms with Gasteiger partial charge in [0.25, 0.3) is 0 Å². The smallest absolute Gasteiger partial charge is 0.0897 e. The molecule has 1 atom stereocenters. The molecule has 2 fully saturated rings. The van der Waals surface area contributed by atoms with Crippen LogP contribution in [0.1, 0.15) is 38.5 Å². The van der Waals surface area contributed by atoms with Crippen molar-refractivity contribution >= 4 is 0 Å². The molecule has 0 radical (unpaired) electrons. The Bertz CT molecular complexity index is 224. The Labute approximate surface area is 111 Å². The lowest BCUT2D eigenvalue weighted by molar-refractivity contribution is -0.00681. The van der Waals surface area contributed by atoms with Crippen LogP contribution in [0, 0.1) is 0 Å². The fraction of sp³-hybridized carbons (Fsp3) is 1.00. The Morgan fingerprint density at radius 2 is 1.89 bits per heavy atom. The van der Waals surface area contributed by atoms with Gasteiger partial charge in [0.2, 0.25) is 0 Å². The number of aliphatic hydroxyl groups is 1. The van der Waals surface area contributed by atoms with Crippen LogP contribution in [-0.4, -0.2) is 61.5 Å². The highest BCUT2D eigenvalue weighted by molar-refractivity contribution is 4.77. The molecule has 1 aliphatic heterocycles. The Kier molecular flexibility index (Phi) is 5.89. The fourth-order valence-electron chi connectivity index (χ4n) is 2.88. The van der Waals surface area contributed by atoms with E-state index < -0.39 is 0 Å². The van der Waals surface area contributed by atoms with E-state index in [-0.39, 0.29) is 6.10 Å². The molecule has 0 spiro atoms. The van der Waals surface area contributed by atoms with E-state index in [1.807, 2.05) is 0 Å². The molecule has 0 aromatic rings. The van der Waals surface area contributed by atoms with Crippen molar-refractivity contribution in [3.05, 3.63) is 0 Å². The molecular formula is C14H28N2O2. The standard InChI is InChI=1S/C14H28N2O2/c1-16-8-6-12(7-9-16)15-10-13(17)11-18-14-4-2-3-5-14/h12-15,17H,2-11H2,1H3. The number of aliphatic hydroxyl groups excluding tert-OH is 1. The number of nitrogens with one attached hydrogen (secondary N) is 1. The number of hydrogen-bond acceptors (Lipinski definition) is 4. The average molecular weight is 256 g/mol. The van der Waals surface area contributed by atoms with Crippen molar-refractivity contribution in [1.82, 2.24) is 10.2 Å². The number of likely N-dealkylation sites (tertiary alicyclic amines) is 1. The van der Waals surface area contributed by atoms with Crippen LogP contribution in [0.15, 0.2) is 0 Å². The summed E-state index contributed by atoms with van der Waals surface area (Å²) in [6.45, 7) is 3.48. The van der Waals surface area contributed by atoms with Gasteiger partial charge in [0.1, 0.15) is 0 Å². The van der Waals surface area contributed by atoms with Gasteiger partial charge in [0.05, 0.1) is 18.8 Å². The Balaban J connectivity index is 1.52. The third-order valence-electron chi connectivity index (χ3n) is 4.19. The maximum atomic E-state index is 9.89. The van der Waals surface area contributed by atoms with E-state index in [4.69, 9.17) is 4.74 Å². The Hall–Kier alpha value is -0.160. The highest BCUT2D eigenvalue weighted by Crippen LogP contribution is 2.20. The quantitative estimate of drug-likeness (QED) is 0.744. The van der Waals surface area contributed by atoms with Crippen molar-refractivity contribution in [3.8, 4) is 0 Å². The van der Waals surface area contributed by atoms with Gasteiger partial charge in [-0.15, -0.1) is 0 Å². The molecule has 2 aliphatic rings. The molecule has 1 heterocycles. The second-order valence-electron chi connectivity index (χ2n) is 5.88. The van der Waals surface area contributed by atoms with E-state index in [0.29, 0.717) is 25.3 Å². The van der Waals surface area contributed by atoms with Crippen LogP contribution in [0.5, 0.6) is 0 Å². The maximum absolute atomic E-state index is 9.89. The van der Waals surface area contributed by atoms with Gasteiger partial charge < -0.3 is 20.1 Å². The summed E-state index contributed by atoms with van der Waals surface area (Å²) < 4.78 is 5.72. The van der Waals surface area contributed by atoms with Gasteiger partial charge in [0.15, 0.2) is 0 Å². The van der Waals surface area contributed by atoms with Gasteiger partial charge in [-0.25, -0.2) is 0 Å². The highest BCUT2D eigenvalue weighted by Gasteiger charge is 2.19. The third-order valence-corrected chi connectivity index (χ3v) is 4.19. The largest absolute Gasteiger partial charge is 0.389 e. The topological polar surface area (TPSA) is 44.7 Å². The van der Waals surface area contributed by atoms with E-state index in [1.54, 1.807) is 0 Å². The van der Waals surface area contributed by atoms with Gasteiger partial charge in [-0.3, -0.25) is 0 Å². The summed E-state index contributed by atoms with van der Waals surface area (Å²) in [5, 5.41) is 13.4. The lowest BCUT2D eigenvalue weighted by Crippen LogP contribution is -2.44. The maximum Gasteiger partial charge on any atom is 0.0897 e. The van der Waals surface area contributed by atoms with Crippen LogP contribution in [0.2, 0.25) is 0 Å². The molecule has 1 saturated heterocycles. The van der Waals surface area contributed by atoms with Crippen molar-refractivity contribution in [2.45, 2.75) is 56.8 Å². The van der Waals surface area contributed by atoms with E-state index in [0.717, 1.165) is 13.1 Å². The summed E-state index contributed by atoms with van der Waals surface area (Å²) in [5.41, 5.74) is 0. The summed E-state index contributed by atoms with van der Waals surface area (Å²) in [5.74, 6) is 0. The molecule has 4 nitrogen and oxygen atoms in total. The molecule has 0 aromatic heterocycles. The molecule has 1 unspecified atom stereocenters. The molecule has 106 valence electrons. The zero-order valence-electron chi connectivity index (χ0n) is 11.6. The van der Waals surface area contributed by atoms with Crippen molar-refractivity contribution in [2.75, 3.05) is 33.3 Å². The monoisotopic (exact) mass is 256 g/mol. The third kappa shape index (κ3) is 4.84. The zero-order valence-corrected chi connectivity index (χ0v) is 11.6. The number of piperidine rings is 1. The van der Waals surface area contributed by atoms with Crippen molar-refractivity contribution in [2.24, 2.45) is 0 Å². The van der Waals surface area contributed by atoms with Crippen molar-refractivity contribution < 1.29 is 9.84 Å². The SMILES string of the molecule is CN1CCC(NCC(O)COC2CCCC2)CC1. The summed E-state index contributed by atoms with van der Waals surface area (Å²) in [4.78, 5) is 2.36. The molecule has 2 rings (SSSR count). The lowest BCUT2D eigenvalue weighted by atomic mass is 10.1. The first-order valence-corrected chi connectivity index (χ1v) is 7.45. The Morgan fingerprint density at radius 3 is 2.56 bits per heavy atom. The van der Waals surface area contributed by atoms with Crippen LogP contribution in [0.3, 0.4) is 0 Å². The first-order chi connectivity index (χ1) is 8.74. The Morgan fingerprint density at radius 1 is 1.22 bits per heavy atom. The van der Waals surface area contributed by atoms with Crippen LogP contribution < -0.4 is 5.32 Å². The second-order valence-corrected chi connectivity index (χ2v) is 5.88. The van der Waals surface area contributed by atoms with Gasteiger partial charge in [-0.1, -0.05) is 12.8 Å². The number of ether oxygens (including phenoxy) is 1. The van der Waals surface area contributed by atoms with Gasteiger partial charge in [0, 0.05) is 12.6 Å². The summed E-state index contributed by atoms with van der Waals surface area (Å²) in [6, 6.07) is 0.572. The van der Waals surface area contributed by atoms with Gasteiger partial charge in [-0.2, -0.15) is 0 Å². The number of hydrogen-bond donors (Lipinski definition) is 2. The minimum Gasteiger partial charge on any atom is -0.389 e. The molecule has 1 saturated carbocycles. The minimum atomic E-state index is -0.356. The molecule has 2 N–H and O–H groups in total. The van der Waals surface area contributed by atoms with E-state index >= 15 is 0 Å². The van der Waals surface area contributed by atoms with Crippen LogP contribution in [0.25, 0.3) is 0 Å². The van der Waals surface area contributed by atoms with E-state index in [2.05, 4.69) is 17.3 Å². The zero-order chi connectivity index (χ0) is 12.8. The van der Waals surface area contributed by atoms with Crippen LogP contribution in [-0.2, 0) is 4.74 Å². The van der Waals surface area contributed by atoms with Crippen molar-refractivity contribution in [1.29, 1.82) is 0 Å². The number of nitrogens with zero attached hydrogens (tertiary/aromatic N) is 1. The summed E-state index contributed by atoms with van der Waals surface area (Å²) in [7, 11) is 2.17. The molecule has 0 amide bonds. The van der Waals surface area contributed by atoms with Crippen LogP contribution in [0.4, 0.5) is 0 Å². The predicted molar refractivity (Wildman–Crippen MR) is 72.7 cm³/mol. The van der Waals surface area contributed by atoms with Gasteiger partial charge >= 0.3 is 0 Å². The van der Waals surface area contributed by atoms with E-state index in [1.165, 1.54) is 38.5 Å². The second kappa shape index (κ2) is 7.43.